The maximum atomic E-state index is 11.7. The molecule has 86 valence electrons. The first kappa shape index (κ1) is 10.8. The van der Waals surface area contributed by atoms with Gasteiger partial charge in [-0.25, -0.2) is 4.68 Å². The molecule has 0 radical (unpaired) electrons. The zero-order valence-corrected chi connectivity index (χ0v) is 9.36. The Balaban J connectivity index is 2.38. The van der Waals surface area contributed by atoms with Gasteiger partial charge in [-0.1, -0.05) is 0 Å². The fourth-order valence-electron chi connectivity index (χ4n) is 1.74. The Kier molecular flexibility index (Phi) is 2.74. The standard InChI is InChI=1S/C10H14N4O2/c1-11-10(16)8-5-7-6-13(2)4-3-9(15)14(7)12-8/h5H,3-4,6H2,1-2H3,(H,11,16). The van der Waals surface area contributed by atoms with Gasteiger partial charge in [-0.05, 0) is 13.1 Å². The molecule has 0 spiro atoms. The van der Waals surface area contributed by atoms with Crippen LogP contribution in [0.3, 0.4) is 0 Å². The number of nitrogens with one attached hydrogen (secondary N) is 1. The summed E-state index contributed by atoms with van der Waals surface area (Å²) in [6.07, 6.45) is 0.429. The lowest BCUT2D eigenvalue weighted by Crippen LogP contribution is -2.20. The molecule has 1 aromatic heterocycles. The van der Waals surface area contributed by atoms with E-state index in [9.17, 15) is 9.59 Å². The Bertz CT molecular complexity index is 438. The van der Waals surface area contributed by atoms with Crippen molar-refractivity contribution in [2.45, 2.75) is 13.0 Å². The summed E-state index contributed by atoms with van der Waals surface area (Å²) in [6, 6.07) is 1.67. The van der Waals surface area contributed by atoms with Crippen molar-refractivity contribution < 1.29 is 9.59 Å². The molecule has 0 fully saturated rings. The van der Waals surface area contributed by atoms with Gasteiger partial charge in [0.15, 0.2) is 5.69 Å². The SMILES string of the molecule is CNC(=O)c1cc2n(n1)C(=O)CCN(C)C2. The van der Waals surface area contributed by atoms with Gasteiger partial charge in [-0.15, -0.1) is 0 Å². The molecule has 6 nitrogen and oxygen atoms in total. The summed E-state index contributed by atoms with van der Waals surface area (Å²) in [6.45, 7) is 1.35. The topological polar surface area (TPSA) is 67.2 Å². The molecule has 16 heavy (non-hydrogen) atoms. The van der Waals surface area contributed by atoms with Crippen LogP contribution in [0, 0.1) is 0 Å². The molecule has 1 amide bonds. The van der Waals surface area contributed by atoms with Crippen molar-refractivity contribution in [1.29, 1.82) is 0 Å². The van der Waals surface area contributed by atoms with E-state index in [0.29, 0.717) is 18.7 Å². The minimum absolute atomic E-state index is 0.0606. The van der Waals surface area contributed by atoms with Gasteiger partial charge in [0.05, 0.1) is 5.69 Å². The zero-order valence-electron chi connectivity index (χ0n) is 9.36. The van der Waals surface area contributed by atoms with Crippen LogP contribution in [0.15, 0.2) is 6.07 Å². The van der Waals surface area contributed by atoms with E-state index in [2.05, 4.69) is 10.4 Å². The molecule has 1 aromatic rings. The average Bonchev–Trinajstić information content (AvgIpc) is 2.63. The van der Waals surface area contributed by atoms with Gasteiger partial charge >= 0.3 is 0 Å². The summed E-state index contributed by atoms with van der Waals surface area (Å²) in [4.78, 5) is 25.1. The Morgan fingerprint density at radius 3 is 3.00 bits per heavy atom. The number of hydrogen-bond donors (Lipinski definition) is 1. The van der Waals surface area contributed by atoms with E-state index in [1.807, 2.05) is 11.9 Å². The fourth-order valence-corrected chi connectivity index (χ4v) is 1.74. The molecule has 1 aliphatic heterocycles. The molecule has 6 heteroatoms. The monoisotopic (exact) mass is 222 g/mol. The van der Waals surface area contributed by atoms with Crippen molar-refractivity contribution in [3.63, 3.8) is 0 Å². The number of amides is 1. The van der Waals surface area contributed by atoms with Crippen LogP contribution in [0.4, 0.5) is 0 Å². The summed E-state index contributed by atoms with van der Waals surface area (Å²) < 4.78 is 1.34. The largest absolute Gasteiger partial charge is 0.354 e. The Hall–Kier alpha value is -1.69. The molecule has 2 heterocycles. The van der Waals surface area contributed by atoms with Crippen LogP contribution in [-0.2, 0) is 6.54 Å². The molecular formula is C10H14N4O2. The van der Waals surface area contributed by atoms with Crippen LogP contribution >= 0.6 is 0 Å². The predicted octanol–water partition coefficient (Wildman–Crippen LogP) is -0.282. The maximum Gasteiger partial charge on any atom is 0.271 e. The minimum atomic E-state index is -0.268. The molecule has 0 aromatic carbocycles. The van der Waals surface area contributed by atoms with Crippen molar-refractivity contribution in [3.05, 3.63) is 17.5 Å². The van der Waals surface area contributed by atoms with Crippen LogP contribution in [0.25, 0.3) is 0 Å². The van der Waals surface area contributed by atoms with Gasteiger partial charge in [0.2, 0.25) is 5.91 Å². The number of fused-ring (bicyclic) bond motifs is 1. The average molecular weight is 222 g/mol. The predicted molar refractivity (Wildman–Crippen MR) is 57.2 cm³/mol. The van der Waals surface area contributed by atoms with E-state index in [0.717, 1.165) is 12.2 Å². The molecule has 0 saturated heterocycles. The minimum Gasteiger partial charge on any atom is -0.354 e. The van der Waals surface area contributed by atoms with Gasteiger partial charge in [-0.2, -0.15) is 5.10 Å². The highest BCUT2D eigenvalue weighted by molar-refractivity contribution is 5.93. The quantitative estimate of drug-likeness (QED) is 0.709. The van der Waals surface area contributed by atoms with Gasteiger partial charge < -0.3 is 10.2 Å². The van der Waals surface area contributed by atoms with Gasteiger partial charge in [-0.3, -0.25) is 9.59 Å². The second-order valence-corrected chi connectivity index (χ2v) is 3.89. The summed E-state index contributed by atoms with van der Waals surface area (Å²) in [5.41, 5.74) is 1.06. The highest BCUT2D eigenvalue weighted by Crippen LogP contribution is 2.12. The second-order valence-electron chi connectivity index (χ2n) is 3.89. The van der Waals surface area contributed by atoms with E-state index < -0.39 is 0 Å². The van der Waals surface area contributed by atoms with E-state index in [1.54, 1.807) is 13.1 Å². The van der Waals surface area contributed by atoms with E-state index in [1.165, 1.54) is 4.68 Å². The second kappa shape index (κ2) is 4.05. The molecule has 1 aliphatic rings. The Labute approximate surface area is 93.2 Å². The van der Waals surface area contributed by atoms with Crippen LogP contribution in [0.1, 0.15) is 27.4 Å². The molecule has 1 N–H and O–H groups in total. The molecule has 0 atom stereocenters. The van der Waals surface area contributed by atoms with Crippen LogP contribution < -0.4 is 5.32 Å². The first-order chi connectivity index (χ1) is 7.61. The van der Waals surface area contributed by atoms with Crippen molar-refractivity contribution in [1.82, 2.24) is 20.0 Å². The fraction of sp³-hybridized carbons (Fsp3) is 0.500. The lowest BCUT2D eigenvalue weighted by molar-refractivity contribution is 0.0884. The van der Waals surface area contributed by atoms with Crippen LogP contribution in [0.2, 0.25) is 0 Å². The summed E-state index contributed by atoms with van der Waals surface area (Å²) >= 11 is 0. The molecule has 0 unspecified atom stereocenters. The molecular weight excluding hydrogens is 208 g/mol. The van der Waals surface area contributed by atoms with Crippen molar-refractivity contribution >= 4 is 11.8 Å². The number of carbonyl (C=O) groups is 2. The summed E-state index contributed by atoms with van der Waals surface area (Å²) in [7, 11) is 3.48. The molecule has 0 saturated carbocycles. The van der Waals surface area contributed by atoms with Gasteiger partial charge in [0.25, 0.3) is 5.91 Å². The smallest absolute Gasteiger partial charge is 0.271 e. The van der Waals surface area contributed by atoms with Crippen LogP contribution in [-0.4, -0.2) is 47.1 Å². The highest BCUT2D eigenvalue weighted by atomic mass is 16.2. The number of nitrogens with zero attached hydrogens (tertiary/aromatic N) is 3. The third-order valence-electron chi connectivity index (χ3n) is 2.62. The first-order valence-electron chi connectivity index (χ1n) is 5.14. The number of aromatic nitrogens is 2. The normalized spacial score (nSPS) is 16.8. The number of hydrogen-bond acceptors (Lipinski definition) is 4. The third-order valence-corrected chi connectivity index (χ3v) is 2.62. The van der Waals surface area contributed by atoms with Crippen LogP contribution in [0.5, 0.6) is 0 Å². The van der Waals surface area contributed by atoms with Crippen molar-refractivity contribution in [3.8, 4) is 0 Å². The van der Waals surface area contributed by atoms with Crippen molar-refractivity contribution in [2.24, 2.45) is 0 Å². The zero-order chi connectivity index (χ0) is 11.7. The highest BCUT2D eigenvalue weighted by Gasteiger charge is 2.21. The Morgan fingerprint density at radius 1 is 1.56 bits per heavy atom. The lowest BCUT2D eigenvalue weighted by Gasteiger charge is -2.10. The van der Waals surface area contributed by atoms with Gasteiger partial charge in [0, 0.05) is 26.6 Å². The Morgan fingerprint density at radius 2 is 2.31 bits per heavy atom. The van der Waals surface area contributed by atoms with E-state index in [4.69, 9.17) is 0 Å². The van der Waals surface area contributed by atoms with Gasteiger partial charge in [0.1, 0.15) is 0 Å². The molecule has 0 aliphatic carbocycles. The number of rotatable bonds is 1. The first-order valence-corrected chi connectivity index (χ1v) is 5.14. The molecule has 0 bridgehead atoms. The van der Waals surface area contributed by atoms with E-state index >= 15 is 0 Å². The lowest BCUT2D eigenvalue weighted by atomic mass is 10.3. The number of carbonyl (C=O) groups excluding carboxylic acids is 2. The summed E-state index contributed by atoms with van der Waals surface area (Å²) in [5, 5.41) is 6.52. The summed E-state index contributed by atoms with van der Waals surface area (Å²) in [5.74, 6) is -0.328. The maximum absolute atomic E-state index is 11.7. The third kappa shape index (κ3) is 1.83. The molecule has 2 rings (SSSR count). The van der Waals surface area contributed by atoms with Crippen molar-refractivity contribution in [2.75, 3.05) is 20.6 Å². The van der Waals surface area contributed by atoms with E-state index in [-0.39, 0.29) is 11.8 Å².